The van der Waals surface area contributed by atoms with Gasteiger partial charge in [-0.25, -0.2) is 0 Å². The molecule has 0 radical (unpaired) electrons. The molecule has 0 unspecified atom stereocenters. The summed E-state index contributed by atoms with van der Waals surface area (Å²) in [7, 11) is 1.54. The lowest BCUT2D eigenvalue weighted by Gasteiger charge is -2.09. The minimum absolute atomic E-state index is 0.258. The number of halogens is 2. The zero-order chi connectivity index (χ0) is 15.2. The molecule has 0 atom stereocenters. The zero-order valence-electron chi connectivity index (χ0n) is 11.3. The first-order valence-electron chi connectivity index (χ1n) is 6.17. The Kier molecular flexibility index (Phi) is 5.42. The van der Waals surface area contributed by atoms with Gasteiger partial charge in [-0.05, 0) is 35.9 Å². The van der Waals surface area contributed by atoms with Crippen molar-refractivity contribution in [3.8, 4) is 5.75 Å². The lowest BCUT2D eigenvalue weighted by atomic mass is 10.2. The maximum atomic E-state index is 12.0. The van der Waals surface area contributed by atoms with Crippen molar-refractivity contribution in [3.63, 3.8) is 0 Å². The molecule has 0 heterocycles. The highest BCUT2D eigenvalue weighted by Gasteiger charge is 2.06. The van der Waals surface area contributed by atoms with Crippen LogP contribution in [0, 0.1) is 0 Å². The summed E-state index contributed by atoms with van der Waals surface area (Å²) in [5.74, 6) is 0.299. The van der Waals surface area contributed by atoms with Crippen molar-refractivity contribution < 1.29 is 9.53 Å². The van der Waals surface area contributed by atoms with Crippen LogP contribution < -0.4 is 10.1 Å². The smallest absolute Gasteiger partial charge is 0.248 e. The van der Waals surface area contributed by atoms with Crippen molar-refractivity contribution >= 4 is 45.2 Å². The Morgan fingerprint density at radius 3 is 2.76 bits per heavy atom. The molecule has 1 amide bonds. The summed E-state index contributed by atoms with van der Waals surface area (Å²) in [5.41, 5.74) is 1.46. The third-order valence-electron chi connectivity index (χ3n) is 2.74. The molecule has 0 spiro atoms. The lowest BCUT2D eigenvalue weighted by molar-refractivity contribution is -0.111. The molecule has 3 nitrogen and oxygen atoms in total. The van der Waals surface area contributed by atoms with Gasteiger partial charge in [-0.1, -0.05) is 45.7 Å². The highest BCUT2D eigenvalue weighted by molar-refractivity contribution is 9.10. The first-order chi connectivity index (χ1) is 10.1. The van der Waals surface area contributed by atoms with Gasteiger partial charge in [0.15, 0.2) is 0 Å². The standard InChI is InChI=1S/C16H13BrClNO2/c1-21-15-8-7-12(18)10-14(15)19-16(20)9-6-11-4-2-3-5-13(11)17/h2-10H,1H3,(H,19,20)/b9-6+. The maximum absolute atomic E-state index is 12.0. The summed E-state index contributed by atoms with van der Waals surface area (Å²) in [4.78, 5) is 12.0. The lowest BCUT2D eigenvalue weighted by Crippen LogP contribution is -2.08. The quantitative estimate of drug-likeness (QED) is 0.792. The molecule has 2 rings (SSSR count). The van der Waals surface area contributed by atoms with E-state index in [9.17, 15) is 4.79 Å². The molecule has 2 aromatic rings. The number of nitrogens with one attached hydrogen (secondary N) is 1. The Hall–Kier alpha value is -1.78. The summed E-state index contributed by atoms with van der Waals surface area (Å²) in [6.07, 6.45) is 3.19. The second-order valence-electron chi connectivity index (χ2n) is 4.19. The highest BCUT2D eigenvalue weighted by Crippen LogP contribution is 2.27. The van der Waals surface area contributed by atoms with Gasteiger partial charge in [0.25, 0.3) is 0 Å². The van der Waals surface area contributed by atoms with E-state index >= 15 is 0 Å². The van der Waals surface area contributed by atoms with Gasteiger partial charge >= 0.3 is 0 Å². The van der Waals surface area contributed by atoms with Crippen molar-refractivity contribution in [3.05, 3.63) is 63.6 Å². The van der Waals surface area contributed by atoms with Crippen LogP contribution in [0.3, 0.4) is 0 Å². The Bertz CT molecular complexity index is 686. The average Bonchev–Trinajstić information content (AvgIpc) is 2.47. The molecular formula is C16H13BrClNO2. The predicted molar refractivity (Wildman–Crippen MR) is 89.8 cm³/mol. The van der Waals surface area contributed by atoms with Crippen LogP contribution in [0.25, 0.3) is 6.08 Å². The van der Waals surface area contributed by atoms with Crippen molar-refractivity contribution in [2.45, 2.75) is 0 Å². The van der Waals surface area contributed by atoms with Gasteiger partial charge in [0.05, 0.1) is 12.8 Å². The first-order valence-corrected chi connectivity index (χ1v) is 7.34. The van der Waals surface area contributed by atoms with Crippen LogP contribution in [0.4, 0.5) is 5.69 Å². The van der Waals surface area contributed by atoms with E-state index in [2.05, 4.69) is 21.2 Å². The Morgan fingerprint density at radius 1 is 1.29 bits per heavy atom. The molecule has 1 N–H and O–H groups in total. The number of carbonyl (C=O) groups is 1. The number of rotatable bonds is 4. The van der Waals surface area contributed by atoms with Gasteiger partial charge in [0, 0.05) is 15.6 Å². The van der Waals surface area contributed by atoms with Gasteiger partial charge in [0.1, 0.15) is 5.75 Å². The number of hydrogen-bond donors (Lipinski definition) is 1. The number of hydrogen-bond acceptors (Lipinski definition) is 2. The number of carbonyl (C=O) groups excluding carboxylic acids is 1. The molecule has 0 aliphatic rings. The Morgan fingerprint density at radius 2 is 2.05 bits per heavy atom. The van der Waals surface area contributed by atoms with E-state index in [4.69, 9.17) is 16.3 Å². The van der Waals surface area contributed by atoms with Crippen molar-refractivity contribution in [1.29, 1.82) is 0 Å². The molecule has 0 fully saturated rings. The average molecular weight is 367 g/mol. The van der Waals surface area contributed by atoms with Gasteiger partial charge in [-0.15, -0.1) is 0 Å². The summed E-state index contributed by atoms with van der Waals surface area (Å²) in [6, 6.07) is 12.7. The van der Waals surface area contributed by atoms with Crippen LogP contribution >= 0.6 is 27.5 Å². The van der Waals surface area contributed by atoms with E-state index in [1.54, 1.807) is 24.3 Å². The van der Waals surface area contributed by atoms with Crippen LogP contribution in [-0.4, -0.2) is 13.0 Å². The molecule has 0 aliphatic heterocycles. The third-order valence-corrected chi connectivity index (χ3v) is 3.70. The van der Waals surface area contributed by atoms with Crippen molar-refractivity contribution in [1.82, 2.24) is 0 Å². The van der Waals surface area contributed by atoms with Gasteiger partial charge in [-0.2, -0.15) is 0 Å². The monoisotopic (exact) mass is 365 g/mol. The van der Waals surface area contributed by atoms with E-state index in [0.29, 0.717) is 16.5 Å². The Labute approximate surface area is 136 Å². The SMILES string of the molecule is COc1ccc(Cl)cc1NC(=O)/C=C/c1ccccc1Br. The maximum Gasteiger partial charge on any atom is 0.248 e. The first kappa shape index (κ1) is 15.6. The van der Waals surface area contributed by atoms with Gasteiger partial charge < -0.3 is 10.1 Å². The predicted octanol–water partition coefficient (Wildman–Crippen LogP) is 4.76. The number of ether oxygens (including phenoxy) is 1. The summed E-state index contributed by atoms with van der Waals surface area (Å²) < 4.78 is 6.10. The van der Waals surface area contributed by atoms with E-state index in [1.165, 1.54) is 13.2 Å². The molecule has 0 bridgehead atoms. The molecular weight excluding hydrogens is 354 g/mol. The molecule has 21 heavy (non-hydrogen) atoms. The van der Waals surface area contributed by atoms with Crippen LogP contribution in [0.15, 0.2) is 53.0 Å². The fourth-order valence-corrected chi connectivity index (χ4v) is 2.32. The van der Waals surface area contributed by atoms with E-state index in [-0.39, 0.29) is 5.91 Å². The van der Waals surface area contributed by atoms with Crippen LogP contribution in [-0.2, 0) is 4.79 Å². The number of methoxy groups -OCH3 is 1. The van der Waals surface area contributed by atoms with E-state index < -0.39 is 0 Å². The number of anilines is 1. The fourth-order valence-electron chi connectivity index (χ4n) is 1.73. The molecule has 0 aliphatic carbocycles. The van der Waals surface area contributed by atoms with E-state index in [1.807, 2.05) is 24.3 Å². The van der Waals surface area contributed by atoms with E-state index in [0.717, 1.165) is 10.0 Å². The minimum Gasteiger partial charge on any atom is -0.495 e. The molecule has 5 heteroatoms. The topological polar surface area (TPSA) is 38.3 Å². The van der Waals surface area contributed by atoms with Crippen LogP contribution in [0.2, 0.25) is 5.02 Å². The van der Waals surface area contributed by atoms with Crippen molar-refractivity contribution in [2.75, 3.05) is 12.4 Å². The summed E-state index contributed by atoms with van der Waals surface area (Å²) >= 11 is 9.35. The molecule has 108 valence electrons. The second-order valence-corrected chi connectivity index (χ2v) is 5.48. The largest absolute Gasteiger partial charge is 0.495 e. The summed E-state index contributed by atoms with van der Waals surface area (Å²) in [5, 5.41) is 3.27. The van der Waals surface area contributed by atoms with Crippen molar-refractivity contribution in [2.24, 2.45) is 0 Å². The van der Waals surface area contributed by atoms with Crippen LogP contribution in [0.5, 0.6) is 5.75 Å². The molecule has 2 aromatic carbocycles. The number of amides is 1. The van der Waals surface area contributed by atoms with Crippen LogP contribution in [0.1, 0.15) is 5.56 Å². The minimum atomic E-state index is -0.258. The highest BCUT2D eigenvalue weighted by atomic mass is 79.9. The summed E-state index contributed by atoms with van der Waals surface area (Å²) in [6.45, 7) is 0. The third kappa shape index (κ3) is 4.34. The molecule has 0 aromatic heterocycles. The van der Waals surface area contributed by atoms with Gasteiger partial charge in [-0.3, -0.25) is 4.79 Å². The number of benzene rings is 2. The van der Waals surface area contributed by atoms with Gasteiger partial charge in [0.2, 0.25) is 5.91 Å². The normalized spacial score (nSPS) is 10.6. The zero-order valence-corrected chi connectivity index (χ0v) is 13.6. The molecule has 0 saturated heterocycles. The fraction of sp³-hybridized carbons (Fsp3) is 0.0625. The Balaban J connectivity index is 2.12. The molecule has 0 saturated carbocycles. The second kappa shape index (κ2) is 7.29.